The highest BCUT2D eigenvalue weighted by molar-refractivity contribution is 6.36. The summed E-state index contributed by atoms with van der Waals surface area (Å²) in [6.07, 6.45) is 1.68. The normalized spacial score (nSPS) is 23.1. The van der Waals surface area contributed by atoms with Crippen LogP contribution in [0.3, 0.4) is 0 Å². The fourth-order valence-electron chi connectivity index (χ4n) is 2.25. The summed E-state index contributed by atoms with van der Waals surface area (Å²) in [4.78, 5) is 12.4. The van der Waals surface area contributed by atoms with Crippen LogP contribution in [-0.4, -0.2) is 19.0 Å². The largest absolute Gasteiger partial charge is 0.324 e. The maximum absolute atomic E-state index is 12.4. The Balaban J connectivity index is 2.15. The highest BCUT2D eigenvalue weighted by Crippen LogP contribution is 2.33. The Kier molecular flexibility index (Phi) is 4.15. The second kappa shape index (κ2) is 5.47. The zero-order chi connectivity index (χ0) is 13.2. The van der Waals surface area contributed by atoms with Gasteiger partial charge in [0.05, 0.1) is 16.1 Å². The van der Waals surface area contributed by atoms with E-state index in [1.165, 1.54) is 0 Å². The van der Waals surface area contributed by atoms with Crippen LogP contribution in [0.2, 0.25) is 10.0 Å². The molecule has 1 heterocycles. The molecule has 0 saturated carbocycles. The van der Waals surface area contributed by atoms with Gasteiger partial charge in [-0.1, -0.05) is 30.1 Å². The van der Waals surface area contributed by atoms with Crippen molar-refractivity contribution < 1.29 is 4.79 Å². The van der Waals surface area contributed by atoms with Gasteiger partial charge in [0.2, 0.25) is 5.91 Å². The Morgan fingerprint density at radius 1 is 1.50 bits per heavy atom. The van der Waals surface area contributed by atoms with Crippen molar-refractivity contribution in [2.75, 3.05) is 18.4 Å². The van der Waals surface area contributed by atoms with Gasteiger partial charge in [-0.05, 0) is 37.6 Å². The Morgan fingerprint density at radius 3 is 2.83 bits per heavy atom. The number of benzene rings is 1. The molecule has 5 heteroatoms. The van der Waals surface area contributed by atoms with Gasteiger partial charge in [-0.15, -0.1) is 0 Å². The van der Waals surface area contributed by atoms with Crippen molar-refractivity contribution in [3.8, 4) is 0 Å². The summed E-state index contributed by atoms with van der Waals surface area (Å²) < 4.78 is 0. The SMILES string of the molecule is CCC1(C(=O)Nc2ccc(Cl)cc2Cl)CCNC1. The maximum atomic E-state index is 12.4. The summed E-state index contributed by atoms with van der Waals surface area (Å²) in [5.74, 6) is 0.0271. The summed E-state index contributed by atoms with van der Waals surface area (Å²) in [5.41, 5.74) is 0.300. The molecule has 2 N–H and O–H groups in total. The quantitative estimate of drug-likeness (QED) is 0.895. The minimum absolute atomic E-state index is 0.0271. The van der Waals surface area contributed by atoms with Gasteiger partial charge in [0.15, 0.2) is 0 Å². The average molecular weight is 287 g/mol. The van der Waals surface area contributed by atoms with Gasteiger partial charge >= 0.3 is 0 Å². The fraction of sp³-hybridized carbons (Fsp3) is 0.462. The topological polar surface area (TPSA) is 41.1 Å². The summed E-state index contributed by atoms with van der Waals surface area (Å²) >= 11 is 11.9. The predicted octanol–water partition coefficient (Wildman–Crippen LogP) is 3.32. The molecule has 1 aliphatic rings. The van der Waals surface area contributed by atoms with E-state index >= 15 is 0 Å². The lowest BCUT2D eigenvalue weighted by molar-refractivity contribution is -0.124. The average Bonchev–Trinajstić information content (AvgIpc) is 2.82. The van der Waals surface area contributed by atoms with E-state index in [1.54, 1.807) is 18.2 Å². The summed E-state index contributed by atoms with van der Waals surface area (Å²) in [7, 11) is 0. The first-order chi connectivity index (χ1) is 8.57. The van der Waals surface area contributed by atoms with E-state index in [-0.39, 0.29) is 11.3 Å². The molecule has 1 fully saturated rings. The minimum Gasteiger partial charge on any atom is -0.324 e. The third-order valence-electron chi connectivity index (χ3n) is 3.58. The second-order valence-electron chi connectivity index (χ2n) is 4.64. The Bertz CT molecular complexity index is 456. The number of amides is 1. The highest BCUT2D eigenvalue weighted by atomic mass is 35.5. The van der Waals surface area contributed by atoms with Gasteiger partial charge in [0, 0.05) is 11.6 Å². The van der Waals surface area contributed by atoms with Crippen LogP contribution in [-0.2, 0) is 4.79 Å². The monoisotopic (exact) mass is 286 g/mol. The third kappa shape index (κ3) is 2.63. The third-order valence-corrected chi connectivity index (χ3v) is 4.13. The van der Waals surface area contributed by atoms with E-state index < -0.39 is 0 Å². The number of hydrogen-bond donors (Lipinski definition) is 2. The van der Waals surface area contributed by atoms with Crippen LogP contribution < -0.4 is 10.6 Å². The first kappa shape index (κ1) is 13.7. The lowest BCUT2D eigenvalue weighted by Gasteiger charge is -2.25. The van der Waals surface area contributed by atoms with E-state index in [0.29, 0.717) is 15.7 Å². The molecule has 3 nitrogen and oxygen atoms in total. The van der Waals surface area contributed by atoms with E-state index in [2.05, 4.69) is 10.6 Å². The van der Waals surface area contributed by atoms with Gasteiger partial charge in [0.25, 0.3) is 0 Å². The number of carbonyl (C=O) groups is 1. The molecule has 98 valence electrons. The van der Waals surface area contributed by atoms with Crippen molar-refractivity contribution in [1.29, 1.82) is 0 Å². The number of anilines is 1. The first-order valence-electron chi connectivity index (χ1n) is 6.04. The van der Waals surface area contributed by atoms with Crippen molar-refractivity contribution in [2.24, 2.45) is 5.41 Å². The molecule has 1 aromatic rings. The van der Waals surface area contributed by atoms with Crippen LogP contribution in [0.4, 0.5) is 5.69 Å². The molecular formula is C13H16Cl2N2O. The van der Waals surface area contributed by atoms with Crippen LogP contribution in [0.25, 0.3) is 0 Å². The minimum atomic E-state index is -0.317. The molecule has 2 rings (SSSR count). The number of rotatable bonds is 3. The summed E-state index contributed by atoms with van der Waals surface area (Å²) in [5, 5.41) is 7.17. The van der Waals surface area contributed by atoms with E-state index in [0.717, 1.165) is 25.9 Å². The van der Waals surface area contributed by atoms with Crippen molar-refractivity contribution in [1.82, 2.24) is 5.32 Å². The molecule has 0 radical (unpaired) electrons. The van der Waals surface area contributed by atoms with Gasteiger partial charge in [0.1, 0.15) is 0 Å². The van der Waals surface area contributed by atoms with Crippen molar-refractivity contribution in [2.45, 2.75) is 19.8 Å². The molecule has 1 aromatic carbocycles. The second-order valence-corrected chi connectivity index (χ2v) is 5.48. The molecule has 1 unspecified atom stereocenters. The first-order valence-corrected chi connectivity index (χ1v) is 6.80. The summed E-state index contributed by atoms with van der Waals surface area (Å²) in [6.45, 7) is 3.65. The van der Waals surface area contributed by atoms with Crippen LogP contribution >= 0.6 is 23.2 Å². The molecule has 0 bridgehead atoms. The van der Waals surface area contributed by atoms with Gasteiger partial charge < -0.3 is 10.6 Å². The fourth-order valence-corrected chi connectivity index (χ4v) is 2.70. The molecular weight excluding hydrogens is 271 g/mol. The number of nitrogens with one attached hydrogen (secondary N) is 2. The van der Waals surface area contributed by atoms with E-state index in [9.17, 15) is 4.79 Å². The zero-order valence-corrected chi connectivity index (χ0v) is 11.7. The lowest BCUT2D eigenvalue weighted by Crippen LogP contribution is -2.37. The van der Waals surface area contributed by atoms with Gasteiger partial charge in [-0.3, -0.25) is 4.79 Å². The van der Waals surface area contributed by atoms with Crippen LogP contribution in [0.1, 0.15) is 19.8 Å². The predicted molar refractivity (Wildman–Crippen MR) is 75.3 cm³/mol. The summed E-state index contributed by atoms with van der Waals surface area (Å²) in [6, 6.07) is 5.08. The Labute approximate surface area is 117 Å². The molecule has 1 atom stereocenters. The highest BCUT2D eigenvalue weighted by Gasteiger charge is 2.39. The molecule has 1 amide bonds. The maximum Gasteiger partial charge on any atom is 0.231 e. The van der Waals surface area contributed by atoms with Gasteiger partial charge in [-0.25, -0.2) is 0 Å². The van der Waals surface area contributed by atoms with Crippen molar-refractivity contribution in [3.63, 3.8) is 0 Å². The molecule has 18 heavy (non-hydrogen) atoms. The number of carbonyl (C=O) groups excluding carboxylic acids is 1. The molecule has 0 aromatic heterocycles. The zero-order valence-electron chi connectivity index (χ0n) is 10.2. The smallest absolute Gasteiger partial charge is 0.231 e. The number of halogens is 2. The van der Waals surface area contributed by atoms with Gasteiger partial charge in [-0.2, -0.15) is 0 Å². The van der Waals surface area contributed by atoms with Crippen LogP contribution in [0, 0.1) is 5.41 Å². The Hall–Kier alpha value is -0.770. The molecule has 1 aliphatic heterocycles. The van der Waals surface area contributed by atoms with Crippen LogP contribution in [0.5, 0.6) is 0 Å². The standard InChI is InChI=1S/C13H16Cl2N2O/c1-2-13(5-6-16-8-13)12(18)17-11-4-3-9(14)7-10(11)15/h3-4,7,16H,2,5-6,8H2,1H3,(H,17,18). The molecule has 0 spiro atoms. The Morgan fingerprint density at radius 2 is 2.28 bits per heavy atom. The van der Waals surface area contributed by atoms with Crippen molar-refractivity contribution in [3.05, 3.63) is 28.2 Å². The van der Waals surface area contributed by atoms with E-state index in [1.807, 2.05) is 6.92 Å². The molecule has 1 saturated heterocycles. The number of hydrogen-bond acceptors (Lipinski definition) is 2. The van der Waals surface area contributed by atoms with Crippen molar-refractivity contribution >= 4 is 34.8 Å². The molecule has 0 aliphatic carbocycles. The lowest BCUT2D eigenvalue weighted by atomic mass is 9.83. The van der Waals surface area contributed by atoms with Crippen LogP contribution in [0.15, 0.2) is 18.2 Å². The van der Waals surface area contributed by atoms with E-state index in [4.69, 9.17) is 23.2 Å².